The van der Waals surface area contributed by atoms with Gasteiger partial charge in [-0.3, -0.25) is 4.79 Å². The van der Waals surface area contributed by atoms with Crippen LogP contribution < -0.4 is 10.1 Å². The summed E-state index contributed by atoms with van der Waals surface area (Å²) in [5, 5.41) is 27.7. The highest BCUT2D eigenvalue weighted by molar-refractivity contribution is 5.99. The Hall–Kier alpha value is -3.16. The molecule has 0 heterocycles. The number of carbonyl (C=O) groups is 2. The molecule has 6 bridgehead atoms. The molecule has 6 fully saturated rings. The van der Waals surface area contributed by atoms with Crippen LogP contribution in [0.4, 0.5) is 10.5 Å². The number of amides is 2. The van der Waals surface area contributed by atoms with Crippen LogP contribution in [0.15, 0.2) is 54.1 Å². The predicted molar refractivity (Wildman–Crippen MR) is 219 cm³/mol. The van der Waals surface area contributed by atoms with Gasteiger partial charge in [-0.05, 0) is 174 Å². The van der Waals surface area contributed by atoms with Gasteiger partial charge in [-0.1, -0.05) is 50.0 Å². The molecule has 4 atom stereocenters. The molecule has 0 radical (unpaired) electrons. The van der Waals surface area contributed by atoms with Crippen LogP contribution in [0.1, 0.15) is 150 Å². The minimum absolute atomic E-state index is 0.0288. The Labute approximate surface area is 329 Å². The first-order valence-corrected chi connectivity index (χ1v) is 21.9. The number of carbonyl (C=O) groups excluding carboxylic acids is 2. The second-order valence-corrected chi connectivity index (χ2v) is 19.6. The number of fused-ring (bicyclic) bond motifs is 8. The minimum atomic E-state index is -1.16. The first kappa shape index (κ1) is 38.7. The van der Waals surface area contributed by atoms with Crippen molar-refractivity contribution in [1.29, 1.82) is 0 Å². The number of aliphatic hydroxyl groups is 2. The lowest BCUT2D eigenvalue weighted by atomic mass is 9.49. The van der Waals surface area contributed by atoms with Crippen molar-refractivity contribution in [2.45, 2.75) is 147 Å². The average Bonchev–Trinajstić information content (AvgIpc) is 3.41. The van der Waals surface area contributed by atoms with Gasteiger partial charge >= 0.3 is 6.03 Å². The van der Waals surface area contributed by atoms with Crippen molar-refractivity contribution in [2.75, 3.05) is 25.5 Å². The molecule has 8 aliphatic rings. The van der Waals surface area contributed by atoms with E-state index in [2.05, 4.69) is 43.4 Å². The molecular formula is C48H66N2O5. The van der Waals surface area contributed by atoms with E-state index >= 15 is 0 Å². The highest BCUT2D eigenvalue weighted by Gasteiger charge is 2.59. The zero-order valence-corrected chi connectivity index (χ0v) is 33.8. The summed E-state index contributed by atoms with van der Waals surface area (Å²) in [5.41, 5.74) is 3.22. The molecule has 6 saturated carbocycles. The number of methoxy groups -OCH3 is 1. The van der Waals surface area contributed by atoms with E-state index in [0.717, 1.165) is 97.2 Å². The third-order valence-corrected chi connectivity index (χ3v) is 15.7. The first-order valence-electron chi connectivity index (χ1n) is 21.9. The molecule has 7 heteroatoms. The van der Waals surface area contributed by atoms with Gasteiger partial charge in [0.25, 0.3) is 0 Å². The van der Waals surface area contributed by atoms with Gasteiger partial charge in [0, 0.05) is 29.1 Å². The Balaban J connectivity index is 1.16. The molecular weight excluding hydrogens is 685 g/mol. The van der Waals surface area contributed by atoms with Crippen molar-refractivity contribution in [1.82, 2.24) is 4.90 Å². The zero-order chi connectivity index (χ0) is 38.4. The van der Waals surface area contributed by atoms with Crippen molar-refractivity contribution in [2.24, 2.45) is 34.5 Å². The molecule has 298 valence electrons. The normalized spacial score (nSPS) is 34.8. The van der Waals surface area contributed by atoms with Crippen LogP contribution in [-0.2, 0) is 6.42 Å². The summed E-state index contributed by atoms with van der Waals surface area (Å²) < 4.78 is 5.39. The third kappa shape index (κ3) is 7.91. The standard InChI is InChI=1S/C48H66N2O5/c1-32-8-7-20-46(2)43(41-18-12-33(25-39(51)15-11-32)26-42(41)44(52)37-9-5-4-6-10-37)19-21-48(46,54)31-50(45(53)49-38-13-16-40(55-3)17-14-38)30-47-27-34-22-35(28-47)24-36(23-34)29-47/h8,12-14,16-18,26,34-37,39,43,51,54H,4-7,9-11,15,19-25,27-31H2,1-3H3,(H,49,53). The quantitative estimate of drug-likeness (QED) is 0.184. The topological polar surface area (TPSA) is 99.1 Å². The lowest BCUT2D eigenvalue weighted by molar-refractivity contribution is -0.0975. The number of hydrogen-bond donors (Lipinski definition) is 3. The van der Waals surface area contributed by atoms with Gasteiger partial charge in [0.05, 0.1) is 25.4 Å². The van der Waals surface area contributed by atoms with Crippen molar-refractivity contribution in [3.63, 3.8) is 0 Å². The molecule has 8 aliphatic carbocycles. The summed E-state index contributed by atoms with van der Waals surface area (Å²) in [7, 11) is 1.65. The maximum Gasteiger partial charge on any atom is 0.321 e. The van der Waals surface area contributed by atoms with E-state index in [1.54, 1.807) is 7.11 Å². The van der Waals surface area contributed by atoms with Crippen molar-refractivity contribution >= 4 is 17.5 Å². The second-order valence-electron chi connectivity index (χ2n) is 19.6. The van der Waals surface area contributed by atoms with Gasteiger partial charge in [-0.15, -0.1) is 0 Å². The smallest absolute Gasteiger partial charge is 0.321 e. The molecule has 0 spiro atoms. The monoisotopic (exact) mass is 750 g/mol. The number of ketones is 1. The molecule has 2 aromatic carbocycles. The van der Waals surface area contributed by atoms with Gasteiger partial charge in [-0.2, -0.15) is 0 Å². The van der Waals surface area contributed by atoms with E-state index in [-0.39, 0.29) is 35.6 Å². The second kappa shape index (κ2) is 15.6. The van der Waals surface area contributed by atoms with E-state index in [0.29, 0.717) is 25.8 Å². The Morgan fingerprint density at radius 2 is 1.58 bits per heavy atom. The number of ether oxygens (including phenoxy) is 1. The van der Waals surface area contributed by atoms with Crippen LogP contribution in [0.2, 0.25) is 0 Å². The molecule has 0 aliphatic heterocycles. The highest BCUT2D eigenvalue weighted by atomic mass is 16.5. The van der Waals surface area contributed by atoms with Crippen molar-refractivity contribution < 1.29 is 24.5 Å². The van der Waals surface area contributed by atoms with E-state index in [1.165, 1.54) is 50.5 Å². The summed E-state index contributed by atoms with van der Waals surface area (Å²) in [6, 6.07) is 13.8. The van der Waals surface area contributed by atoms with E-state index in [4.69, 9.17) is 4.74 Å². The largest absolute Gasteiger partial charge is 0.497 e. The third-order valence-electron chi connectivity index (χ3n) is 15.7. The zero-order valence-electron chi connectivity index (χ0n) is 33.8. The SMILES string of the molecule is COc1ccc(NC(=O)N(CC23CC4CC(CC(C4)C2)C3)CC2(O)CCC3c4ccc(cc4C(=O)C4CCCCC4)CC(O)CCC(C)=CCCC32C)cc1. The number of rotatable bonds is 8. The average molecular weight is 751 g/mol. The molecule has 4 unspecified atom stereocenters. The Bertz CT molecular complexity index is 1710. The lowest BCUT2D eigenvalue weighted by Crippen LogP contribution is -2.58. The van der Waals surface area contributed by atoms with Gasteiger partial charge in [0.2, 0.25) is 0 Å². The number of Topliss-reactive ketones (excluding diaryl/α,β-unsaturated/α-hetero) is 1. The van der Waals surface area contributed by atoms with Gasteiger partial charge in [-0.25, -0.2) is 4.79 Å². The number of nitrogens with one attached hydrogen (secondary N) is 1. The predicted octanol–water partition coefficient (Wildman–Crippen LogP) is 10.2. The fourth-order valence-corrected chi connectivity index (χ4v) is 13.1. The maximum atomic E-state index is 14.6. The Kier molecular flexibility index (Phi) is 11.0. The Morgan fingerprint density at radius 3 is 2.25 bits per heavy atom. The summed E-state index contributed by atoms with van der Waals surface area (Å²) in [6.07, 6.45) is 19.6. The summed E-state index contributed by atoms with van der Waals surface area (Å²) in [5.74, 6) is 3.25. The highest BCUT2D eigenvalue weighted by Crippen LogP contribution is 2.62. The Morgan fingerprint density at radius 1 is 0.891 bits per heavy atom. The fourth-order valence-electron chi connectivity index (χ4n) is 13.1. The van der Waals surface area contributed by atoms with Crippen LogP contribution in [-0.4, -0.2) is 58.8 Å². The van der Waals surface area contributed by atoms with E-state index < -0.39 is 17.1 Å². The van der Waals surface area contributed by atoms with Crippen molar-refractivity contribution in [3.05, 3.63) is 70.8 Å². The van der Waals surface area contributed by atoms with Crippen LogP contribution in [0.5, 0.6) is 5.75 Å². The van der Waals surface area contributed by atoms with Crippen LogP contribution in [0.25, 0.3) is 0 Å². The number of allylic oxidation sites excluding steroid dienone is 2. The van der Waals surface area contributed by atoms with Gasteiger partial charge < -0.3 is 25.2 Å². The van der Waals surface area contributed by atoms with Crippen LogP contribution in [0, 0.1) is 34.5 Å². The number of aliphatic hydroxyl groups excluding tert-OH is 1. The number of anilines is 1. The molecule has 3 N–H and O–H groups in total. The van der Waals surface area contributed by atoms with Crippen LogP contribution in [0.3, 0.4) is 0 Å². The molecule has 55 heavy (non-hydrogen) atoms. The number of urea groups is 1. The molecule has 10 rings (SSSR count). The summed E-state index contributed by atoms with van der Waals surface area (Å²) in [6.45, 7) is 5.35. The molecule has 2 aromatic rings. The summed E-state index contributed by atoms with van der Waals surface area (Å²) in [4.78, 5) is 31.2. The minimum Gasteiger partial charge on any atom is -0.497 e. The van der Waals surface area contributed by atoms with Crippen molar-refractivity contribution in [3.8, 4) is 5.75 Å². The first-order chi connectivity index (χ1) is 26.4. The van der Waals surface area contributed by atoms with Gasteiger partial charge in [0.1, 0.15) is 5.75 Å². The molecule has 2 amide bonds. The maximum absolute atomic E-state index is 14.6. The fraction of sp³-hybridized carbons (Fsp3) is 0.667. The number of nitrogens with zero attached hydrogens (tertiary/aromatic N) is 1. The number of hydrogen-bond acceptors (Lipinski definition) is 5. The van der Waals surface area contributed by atoms with E-state index in [1.807, 2.05) is 29.2 Å². The van der Waals surface area contributed by atoms with Crippen LogP contribution >= 0.6 is 0 Å². The lowest BCUT2D eigenvalue weighted by Gasteiger charge is -2.58. The number of benzene rings is 2. The van der Waals surface area contributed by atoms with E-state index in [9.17, 15) is 19.8 Å². The van der Waals surface area contributed by atoms with Gasteiger partial charge in [0.15, 0.2) is 5.78 Å². The molecule has 7 nitrogen and oxygen atoms in total. The molecule has 0 aromatic heterocycles. The summed E-state index contributed by atoms with van der Waals surface area (Å²) >= 11 is 0. The molecule has 0 saturated heterocycles.